The molecule has 1 N–H and O–H groups in total. The SMILES string of the molecule is Cc1nc(Cl)ccc1NS(=O)(=O)c1ccc([N+](=O)[O-])cc1. The Balaban J connectivity index is 2.31. The van der Waals surface area contributed by atoms with E-state index in [1.807, 2.05) is 0 Å². The number of nitro groups is 1. The van der Waals surface area contributed by atoms with Crippen LogP contribution in [0.5, 0.6) is 0 Å². The highest BCUT2D eigenvalue weighted by Gasteiger charge is 2.17. The van der Waals surface area contributed by atoms with E-state index in [1.54, 1.807) is 6.92 Å². The molecule has 0 saturated heterocycles. The van der Waals surface area contributed by atoms with Crippen LogP contribution in [0.15, 0.2) is 41.3 Å². The number of nitrogens with one attached hydrogen (secondary N) is 1. The fourth-order valence-corrected chi connectivity index (χ4v) is 2.90. The Bertz CT molecular complexity index is 791. The minimum atomic E-state index is -3.85. The number of sulfonamides is 1. The van der Waals surface area contributed by atoms with Crippen LogP contribution in [0.4, 0.5) is 11.4 Å². The average molecular weight is 328 g/mol. The Kier molecular flexibility index (Phi) is 4.10. The third-order valence-electron chi connectivity index (χ3n) is 2.65. The molecule has 0 spiro atoms. The lowest BCUT2D eigenvalue weighted by Gasteiger charge is -2.10. The van der Waals surface area contributed by atoms with E-state index in [0.29, 0.717) is 5.69 Å². The number of non-ortho nitro benzene ring substituents is 1. The first-order chi connectivity index (χ1) is 9.79. The zero-order valence-corrected chi connectivity index (χ0v) is 12.4. The van der Waals surface area contributed by atoms with Crippen molar-refractivity contribution in [1.82, 2.24) is 4.98 Å². The third-order valence-corrected chi connectivity index (χ3v) is 4.25. The molecular weight excluding hydrogens is 318 g/mol. The van der Waals surface area contributed by atoms with Gasteiger partial charge in [-0.25, -0.2) is 13.4 Å². The molecule has 2 aromatic rings. The number of anilines is 1. The first kappa shape index (κ1) is 15.2. The van der Waals surface area contributed by atoms with Crippen LogP contribution in [0.2, 0.25) is 5.15 Å². The van der Waals surface area contributed by atoms with E-state index < -0.39 is 14.9 Å². The molecule has 0 fully saturated rings. The largest absolute Gasteiger partial charge is 0.278 e. The number of benzene rings is 1. The van der Waals surface area contributed by atoms with E-state index in [4.69, 9.17) is 11.6 Å². The molecule has 1 heterocycles. The molecule has 0 bridgehead atoms. The monoisotopic (exact) mass is 327 g/mol. The molecule has 0 unspecified atom stereocenters. The van der Waals surface area contributed by atoms with Crippen LogP contribution in [0, 0.1) is 17.0 Å². The Morgan fingerprint density at radius 2 is 1.81 bits per heavy atom. The van der Waals surface area contributed by atoms with Crippen molar-refractivity contribution in [3.05, 3.63) is 57.4 Å². The molecule has 110 valence electrons. The van der Waals surface area contributed by atoms with E-state index in [1.165, 1.54) is 24.3 Å². The van der Waals surface area contributed by atoms with Crippen molar-refractivity contribution >= 4 is 33.0 Å². The van der Waals surface area contributed by atoms with Crippen LogP contribution < -0.4 is 4.72 Å². The van der Waals surface area contributed by atoms with Gasteiger partial charge in [-0.3, -0.25) is 14.8 Å². The molecular formula is C12H10ClN3O4S. The summed E-state index contributed by atoms with van der Waals surface area (Å²) in [6.07, 6.45) is 0. The molecule has 0 aliphatic rings. The topological polar surface area (TPSA) is 102 Å². The van der Waals surface area contributed by atoms with E-state index in [9.17, 15) is 18.5 Å². The summed E-state index contributed by atoms with van der Waals surface area (Å²) in [6.45, 7) is 1.61. The van der Waals surface area contributed by atoms with Gasteiger partial charge in [0.25, 0.3) is 15.7 Å². The molecule has 0 aliphatic heterocycles. The van der Waals surface area contributed by atoms with Crippen molar-refractivity contribution in [2.24, 2.45) is 0 Å². The molecule has 0 radical (unpaired) electrons. The van der Waals surface area contributed by atoms with E-state index in [-0.39, 0.29) is 21.4 Å². The first-order valence-corrected chi connectivity index (χ1v) is 7.56. The molecule has 7 nitrogen and oxygen atoms in total. The van der Waals surface area contributed by atoms with Gasteiger partial charge in [-0.05, 0) is 31.2 Å². The summed E-state index contributed by atoms with van der Waals surface area (Å²) >= 11 is 5.70. The number of aromatic nitrogens is 1. The zero-order chi connectivity index (χ0) is 15.6. The van der Waals surface area contributed by atoms with Gasteiger partial charge in [0.1, 0.15) is 5.15 Å². The Morgan fingerprint density at radius 3 is 2.33 bits per heavy atom. The van der Waals surface area contributed by atoms with Crippen molar-refractivity contribution in [2.45, 2.75) is 11.8 Å². The van der Waals surface area contributed by atoms with E-state index >= 15 is 0 Å². The van der Waals surface area contributed by atoms with Crippen molar-refractivity contribution < 1.29 is 13.3 Å². The number of aryl methyl sites for hydroxylation is 1. The number of halogens is 1. The average Bonchev–Trinajstić information content (AvgIpc) is 2.42. The molecule has 0 atom stereocenters. The van der Waals surface area contributed by atoms with Gasteiger partial charge >= 0.3 is 0 Å². The molecule has 9 heteroatoms. The van der Waals surface area contributed by atoms with Gasteiger partial charge in [-0.1, -0.05) is 11.6 Å². The second-order valence-corrected chi connectivity index (χ2v) is 6.19. The highest BCUT2D eigenvalue weighted by Crippen LogP contribution is 2.21. The zero-order valence-electron chi connectivity index (χ0n) is 10.8. The second kappa shape index (κ2) is 5.66. The summed E-state index contributed by atoms with van der Waals surface area (Å²) in [7, 11) is -3.85. The van der Waals surface area contributed by atoms with Gasteiger partial charge < -0.3 is 0 Å². The van der Waals surface area contributed by atoms with Gasteiger partial charge in [0.15, 0.2) is 0 Å². The lowest BCUT2D eigenvalue weighted by Crippen LogP contribution is -2.14. The Morgan fingerprint density at radius 1 is 1.19 bits per heavy atom. The first-order valence-electron chi connectivity index (χ1n) is 5.70. The highest BCUT2D eigenvalue weighted by atomic mass is 35.5. The van der Waals surface area contributed by atoms with Crippen LogP contribution in [0.3, 0.4) is 0 Å². The summed E-state index contributed by atoms with van der Waals surface area (Å²) in [5.74, 6) is 0. The molecule has 1 aromatic carbocycles. The lowest BCUT2D eigenvalue weighted by molar-refractivity contribution is -0.384. The Hall–Kier alpha value is -2.19. The molecule has 0 saturated carbocycles. The minimum Gasteiger partial charge on any atom is -0.278 e. The third kappa shape index (κ3) is 3.47. The van der Waals surface area contributed by atoms with Crippen LogP contribution >= 0.6 is 11.6 Å². The fraction of sp³-hybridized carbons (Fsp3) is 0.0833. The minimum absolute atomic E-state index is 0.0811. The number of pyridine rings is 1. The predicted molar refractivity (Wildman–Crippen MR) is 77.9 cm³/mol. The predicted octanol–water partition coefficient (Wildman–Crippen LogP) is 2.75. The fourth-order valence-electron chi connectivity index (χ4n) is 1.59. The summed E-state index contributed by atoms with van der Waals surface area (Å²) in [4.78, 5) is 13.8. The molecule has 0 aliphatic carbocycles. The summed E-state index contributed by atoms with van der Waals surface area (Å²) in [6, 6.07) is 7.54. The number of nitro benzene ring substituents is 1. The summed E-state index contributed by atoms with van der Waals surface area (Å²) in [5.41, 5.74) is 0.532. The lowest BCUT2D eigenvalue weighted by atomic mass is 10.3. The number of nitrogens with zero attached hydrogens (tertiary/aromatic N) is 2. The standard InChI is InChI=1S/C12H10ClN3O4S/c1-8-11(6-7-12(13)14-8)15-21(19,20)10-4-2-9(3-5-10)16(17)18/h2-7,15H,1H3. The molecule has 1 aromatic heterocycles. The van der Waals surface area contributed by atoms with Gasteiger partial charge in [-0.15, -0.1) is 0 Å². The van der Waals surface area contributed by atoms with Gasteiger partial charge in [0.2, 0.25) is 0 Å². The highest BCUT2D eigenvalue weighted by molar-refractivity contribution is 7.92. The van der Waals surface area contributed by atoms with Crippen molar-refractivity contribution in [1.29, 1.82) is 0 Å². The van der Waals surface area contributed by atoms with E-state index in [0.717, 1.165) is 12.1 Å². The maximum atomic E-state index is 12.2. The number of hydrogen-bond acceptors (Lipinski definition) is 5. The van der Waals surface area contributed by atoms with Gasteiger partial charge in [0.05, 0.1) is 21.2 Å². The summed E-state index contributed by atoms with van der Waals surface area (Å²) < 4.78 is 26.7. The van der Waals surface area contributed by atoms with Crippen LogP contribution in [-0.4, -0.2) is 18.3 Å². The second-order valence-electron chi connectivity index (χ2n) is 4.12. The molecule has 2 rings (SSSR count). The maximum absolute atomic E-state index is 12.2. The van der Waals surface area contributed by atoms with Gasteiger partial charge in [0, 0.05) is 12.1 Å². The maximum Gasteiger partial charge on any atom is 0.269 e. The van der Waals surface area contributed by atoms with Crippen molar-refractivity contribution in [3.8, 4) is 0 Å². The number of hydrogen-bond donors (Lipinski definition) is 1. The number of rotatable bonds is 4. The molecule has 0 amide bonds. The smallest absolute Gasteiger partial charge is 0.269 e. The quantitative estimate of drug-likeness (QED) is 0.528. The molecule has 21 heavy (non-hydrogen) atoms. The van der Waals surface area contributed by atoms with Crippen LogP contribution in [0.25, 0.3) is 0 Å². The van der Waals surface area contributed by atoms with Crippen molar-refractivity contribution in [3.63, 3.8) is 0 Å². The summed E-state index contributed by atoms with van der Waals surface area (Å²) in [5, 5.41) is 10.8. The normalized spacial score (nSPS) is 11.1. The van der Waals surface area contributed by atoms with Crippen LogP contribution in [0.1, 0.15) is 5.69 Å². The van der Waals surface area contributed by atoms with Gasteiger partial charge in [-0.2, -0.15) is 0 Å². The van der Waals surface area contributed by atoms with Crippen molar-refractivity contribution in [2.75, 3.05) is 4.72 Å². The Labute approximate surface area is 125 Å². The van der Waals surface area contributed by atoms with E-state index in [2.05, 4.69) is 9.71 Å². The van der Waals surface area contributed by atoms with Crippen LogP contribution in [-0.2, 0) is 10.0 Å².